The summed E-state index contributed by atoms with van der Waals surface area (Å²) >= 11 is 0. The summed E-state index contributed by atoms with van der Waals surface area (Å²) in [5, 5.41) is 10.3. The molecule has 0 bridgehead atoms. The third kappa shape index (κ3) is 4.44. The van der Waals surface area contributed by atoms with E-state index in [-0.39, 0.29) is 18.8 Å². The minimum atomic E-state index is -4.23. The predicted octanol–water partition coefficient (Wildman–Crippen LogP) is 3.79. The Bertz CT molecular complexity index is 427. The number of rotatable bonds is 5. The zero-order valence-electron chi connectivity index (χ0n) is 12.2. The summed E-state index contributed by atoms with van der Waals surface area (Å²) in [5.74, 6) is -1.23. The highest BCUT2D eigenvalue weighted by Gasteiger charge is 2.37. The van der Waals surface area contributed by atoms with Gasteiger partial charge in [-0.2, -0.15) is 13.2 Å². The van der Waals surface area contributed by atoms with Gasteiger partial charge in [0.25, 0.3) is 0 Å². The molecule has 114 valence electrons. The van der Waals surface area contributed by atoms with E-state index in [1.165, 1.54) is 13.1 Å². The highest BCUT2D eigenvalue weighted by molar-refractivity contribution is 5.11. The van der Waals surface area contributed by atoms with Gasteiger partial charge in [-0.3, -0.25) is 9.97 Å². The fourth-order valence-corrected chi connectivity index (χ4v) is 1.70. The first-order valence-corrected chi connectivity index (χ1v) is 6.65. The molecule has 0 amide bonds. The summed E-state index contributed by atoms with van der Waals surface area (Å²) in [6, 6.07) is 0. The molecule has 20 heavy (non-hydrogen) atoms. The maximum absolute atomic E-state index is 12.5. The Labute approximate surface area is 117 Å². The van der Waals surface area contributed by atoms with Gasteiger partial charge in [0.1, 0.15) is 5.60 Å². The van der Waals surface area contributed by atoms with Gasteiger partial charge >= 0.3 is 6.18 Å². The standard InChI is InChI=1S/C14H21F3N2O/c1-9(2)11-7-19-12(8-18-11)13(4,20)6-5-10(3)14(15,16)17/h7-10,20H,5-6H2,1-4H3. The number of alkyl halides is 3. The third-order valence-corrected chi connectivity index (χ3v) is 3.44. The summed E-state index contributed by atoms with van der Waals surface area (Å²) in [6.07, 6.45) is -1.40. The van der Waals surface area contributed by atoms with Crippen molar-refractivity contribution in [2.24, 2.45) is 5.92 Å². The van der Waals surface area contributed by atoms with Gasteiger partial charge < -0.3 is 5.11 Å². The van der Waals surface area contributed by atoms with Gasteiger partial charge in [-0.25, -0.2) is 0 Å². The van der Waals surface area contributed by atoms with Crippen LogP contribution in [0, 0.1) is 5.92 Å². The molecule has 0 aliphatic rings. The Kier molecular flexibility index (Phi) is 5.13. The van der Waals surface area contributed by atoms with Gasteiger partial charge in [-0.15, -0.1) is 0 Å². The molecule has 0 saturated carbocycles. The minimum absolute atomic E-state index is 0.0105. The van der Waals surface area contributed by atoms with E-state index in [4.69, 9.17) is 0 Å². The zero-order valence-corrected chi connectivity index (χ0v) is 12.2. The predicted molar refractivity (Wildman–Crippen MR) is 70.1 cm³/mol. The van der Waals surface area contributed by atoms with Crippen LogP contribution in [0.25, 0.3) is 0 Å². The highest BCUT2D eigenvalue weighted by Crippen LogP contribution is 2.33. The van der Waals surface area contributed by atoms with E-state index in [0.717, 1.165) is 12.6 Å². The van der Waals surface area contributed by atoms with Crippen LogP contribution in [0.4, 0.5) is 13.2 Å². The molecule has 0 aromatic carbocycles. The molecule has 0 radical (unpaired) electrons. The molecular formula is C14H21F3N2O. The molecule has 1 aromatic rings. The average Bonchev–Trinajstić information content (AvgIpc) is 2.35. The number of hydrogen-bond acceptors (Lipinski definition) is 3. The second-order valence-corrected chi connectivity index (χ2v) is 5.74. The lowest BCUT2D eigenvalue weighted by atomic mass is 9.91. The van der Waals surface area contributed by atoms with Crippen LogP contribution >= 0.6 is 0 Å². The molecule has 0 aliphatic carbocycles. The van der Waals surface area contributed by atoms with Crippen molar-refractivity contribution in [2.45, 2.75) is 58.2 Å². The summed E-state index contributed by atoms with van der Waals surface area (Å²) in [5.41, 5.74) is -0.313. The molecular weight excluding hydrogens is 269 g/mol. The maximum atomic E-state index is 12.5. The van der Waals surface area contributed by atoms with Gasteiger partial charge in [0.2, 0.25) is 0 Å². The Balaban J connectivity index is 2.73. The summed E-state index contributed by atoms with van der Waals surface area (Å²) < 4.78 is 37.4. The van der Waals surface area contributed by atoms with Crippen LogP contribution in [0.3, 0.4) is 0 Å². The van der Waals surface area contributed by atoms with Crippen LogP contribution in [-0.4, -0.2) is 21.3 Å². The molecule has 0 saturated heterocycles. The SMILES string of the molecule is CC(C)c1cnc(C(C)(O)CCC(C)C(F)(F)F)cn1. The van der Waals surface area contributed by atoms with E-state index in [2.05, 4.69) is 9.97 Å². The fourth-order valence-electron chi connectivity index (χ4n) is 1.70. The molecule has 0 aliphatic heterocycles. The van der Waals surface area contributed by atoms with Crippen molar-refractivity contribution in [3.8, 4) is 0 Å². The van der Waals surface area contributed by atoms with Crippen LogP contribution in [0.2, 0.25) is 0 Å². The smallest absolute Gasteiger partial charge is 0.384 e. The topological polar surface area (TPSA) is 46.0 Å². The van der Waals surface area contributed by atoms with Crippen molar-refractivity contribution in [1.82, 2.24) is 9.97 Å². The van der Waals surface area contributed by atoms with E-state index < -0.39 is 17.7 Å². The van der Waals surface area contributed by atoms with Gasteiger partial charge in [-0.05, 0) is 25.7 Å². The molecule has 3 nitrogen and oxygen atoms in total. The second-order valence-electron chi connectivity index (χ2n) is 5.74. The molecule has 1 rings (SSSR count). The van der Waals surface area contributed by atoms with Crippen LogP contribution in [0.1, 0.15) is 57.8 Å². The van der Waals surface area contributed by atoms with Crippen molar-refractivity contribution in [1.29, 1.82) is 0 Å². The minimum Gasteiger partial charge on any atom is -0.384 e. The Morgan fingerprint density at radius 1 is 1.15 bits per heavy atom. The van der Waals surface area contributed by atoms with Crippen molar-refractivity contribution >= 4 is 0 Å². The van der Waals surface area contributed by atoms with Crippen LogP contribution < -0.4 is 0 Å². The monoisotopic (exact) mass is 290 g/mol. The normalized spacial score (nSPS) is 17.1. The Morgan fingerprint density at radius 2 is 1.75 bits per heavy atom. The quantitative estimate of drug-likeness (QED) is 0.897. The molecule has 1 aromatic heterocycles. The summed E-state index contributed by atoms with van der Waals surface area (Å²) in [7, 11) is 0. The third-order valence-electron chi connectivity index (χ3n) is 3.44. The summed E-state index contributed by atoms with van der Waals surface area (Å²) in [4.78, 5) is 8.29. The molecule has 0 spiro atoms. The van der Waals surface area contributed by atoms with Crippen LogP contribution in [-0.2, 0) is 5.60 Å². The van der Waals surface area contributed by atoms with Crippen molar-refractivity contribution in [2.75, 3.05) is 0 Å². The largest absolute Gasteiger partial charge is 0.391 e. The van der Waals surface area contributed by atoms with E-state index in [1.54, 1.807) is 6.20 Å². The molecule has 0 fully saturated rings. The number of halogens is 3. The van der Waals surface area contributed by atoms with Crippen molar-refractivity contribution in [3.05, 3.63) is 23.8 Å². The van der Waals surface area contributed by atoms with Crippen molar-refractivity contribution < 1.29 is 18.3 Å². The lowest BCUT2D eigenvalue weighted by molar-refractivity contribution is -0.173. The van der Waals surface area contributed by atoms with Gasteiger partial charge in [0.15, 0.2) is 0 Å². The molecule has 6 heteroatoms. The fraction of sp³-hybridized carbons (Fsp3) is 0.714. The number of hydrogen-bond donors (Lipinski definition) is 1. The van der Waals surface area contributed by atoms with Crippen LogP contribution in [0.15, 0.2) is 12.4 Å². The van der Waals surface area contributed by atoms with E-state index >= 15 is 0 Å². The molecule has 2 atom stereocenters. The molecule has 2 unspecified atom stereocenters. The highest BCUT2D eigenvalue weighted by atomic mass is 19.4. The van der Waals surface area contributed by atoms with Gasteiger partial charge in [-0.1, -0.05) is 20.8 Å². The van der Waals surface area contributed by atoms with Crippen LogP contribution in [0.5, 0.6) is 0 Å². The average molecular weight is 290 g/mol. The molecule has 1 heterocycles. The first-order chi connectivity index (χ1) is 9.04. The molecule has 1 N–H and O–H groups in total. The Hall–Kier alpha value is -1.17. The second kappa shape index (κ2) is 6.08. The lowest BCUT2D eigenvalue weighted by Crippen LogP contribution is -2.27. The lowest BCUT2D eigenvalue weighted by Gasteiger charge is -2.25. The van der Waals surface area contributed by atoms with E-state index in [0.29, 0.717) is 5.69 Å². The maximum Gasteiger partial charge on any atom is 0.391 e. The van der Waals surface area contributed by atoms with E-state index in [9.17, 15) is 18.3 Å². The first kappa shape index (κ1) is 16.9. The number of aliphatic hydroxyl groups is 1. The van der Waals surface area contributed by atoms with Gasteiger partial charge in [0.05, 0.1) is 23.5 Å². The Morgan fingerprint density at radius 3 is 2.15 bits per heavy atom. The van der Waals surface area contributed by atoms with Gasteiger partial charge in [0, 0.05) is 6.20 Å². The van der Waals surface area contributed by atoms with Crippen molar-refractivity contribution in [3.63, 3.8) is 0 Å². The zero-order chi connectivity index (χ0) is 15.6. The van der Waals surface area contributed by atoms with E-state index in [1.807, 2.05) is 13.8 Å². The summed E-state index contributed by atoms with van der Waals surface area (Å²) in [6.45, 7) is 6.51. The first-order valence-electron chi connectivity index (χ1n) is 6.65. The number of aromatic nitrogens is 2. The number of nitrogens with zero attached hydrogens (tertiary/aromatic N) is 2.